The summed E-state index contributed by atoms with van der Waals surface area (Å²) in [4.78, 5) is 79.5. The van der Waals surface area contributed by atoms with Crippen LogP contribution in [0.4, 0.5) is 18.8 Å². The first-order chi connectivity index (χ1) is 33.5. The van der Waals surface area contributed by atoms with Gasteiger partial charge in [0.1, 0.15) is 55.1 Å². The fourth-order valence-corrected chi connectivity index (χ4v) is 7.13. The molecular formula is C53H59FN4O12. The molecular weight excluding hydrogens is 904 g/mol. The van der Waals surface area contributed by atoms with Crippen molar-refractivity contribution in [2.45, 2.75) is 90.0 Å². The Morgan fingerprint density at radius 1 is 0.657 bits per heavy atom. The largest absolute Gasteiger partial charge is 0.489 e. The van der Waals surface area contributed by atoms with Gasteiger partial charge >= 0.3 is 30.2 Å². The van der Waals surface area contributed by atoms with Crippen LogP contribution in [0.1, 0.15) is 61.4 Å². The molecule has 0 heterocycles. The molecule has 0 spiro atoms. The molecule has 70 heavy (non-hydrogen) atoms. The Kier molecular flexibility index (Phi) is 19.7. The third-order valence-electron chi connectivity index (χ3n) is 10.7. The Morgan fingerprint density at radius 2 is 1.19 bits per heavy atom. The minimum Gasteiger partial charge on any atom is -0.489 e. The Hall–Kier alpha value is -7.95. The highest BCUT2D eigenvalue weighted by atomic mass is 19.1. The van der Waals surface area contributed by atoms with Gasteiger partial charge in [0.05, 0.1) is 7.11 Å². The Balaban J connectivity index is 1.36. The molecule has 0 bridgehead atoms. The highest BCUT2D eigenvalue weighted by Gasteiger charge is 2.34. The number of ether oxygens (including phenoxy) is 5. The van der Waals surface area contributed by atoms with Gasteiger partial charge in [-0.05, 0) is 96.8 Å². The monoisotopic (exact) mass is 962 g/mol. The highest BCUT2D eigenvalue weighted by Crippen LogP contribution is 2.31. The van der Waals surface area contributed by atoms with Crippen molar-refractivity contribution in [3.8, 4) is 16.9 Å². The molecule has 4 N–H and O–H groups in total. The molecule has 0 aliphatic carbocycles. The maximum atomic E-state index is 15.8. The summed E-state index contributed by atoms with van der Waals surface area (Å²) in [6, 6.07) is 32.5. The Labute approximate surface area is 406 Å². The maximum absolute atomic E-state index is 15.8. The standard InChI is InChI=1S/C53H59FN4O12/c1-53(2,3)70-52(65)56-43(22-15-27-55-50(63)68-33-36-18-11-7-12-19-36)47(59)58(4)45(49(62)66-5)31-40-28-38(23-25-42(40)54)39-24-26-46(67-32-35-16-9-6-10-17-35)41(29-39)30-44(48(60)61)57-51(64)69-34-37-20-13-8-14-21-37/h6-14,16-21,23-26,28-29,43-45H,15,22,27,30-34H2,1-5H3,(H,55,63)(H,56,65)(H,57,64)(H,60,61)/t43-,44+,45+/m1/s1. The van der Waals surface area contributed by atoms with E-state index in [0.717, 1.165) is 23.1 Å². The van der Waals surface area contributed by atoms with Crippen LogP contribution in [0.3, 0.4) is 0 Å². The summed E-state index contributed by atoms with van der Waals surface area (Å²) in [7, 11) is 2.46. The summed E-state index contributed by atoms with van der Waals surface area (Å²) < 4.78 is 43.1. The fraction of sp³-hybridized carbons (Fsp3) is 0.321. The van der Waals surface area contributed by atoms with Gasteiger partial charge in [0, 0.05) is 26.4 Å². The lowest BCUT2D eigenvalue weighted by Gasteiger charge is -2.31. The number of benzene rings is 5. The highest BCUT2D eigenvalue weighted by molar-refractivity contribution is 5.90. The predicted octanol–water partition coefficient (Wildman–Crippen LogP) is 8.14. The third kappa shape index (κ3) is 17.0. The van der Waals surface area contributed by atoms with Gasteiger partial charge in [-0.15, -0.1) is 0 Å². The van der Waals surface area contributed by atoms with Crippen LogP contribution in [-0.2, 0) is 66.0 Å². The van der Waals surface area contributed by atoms with E-state index in [1.807, 2.05) is 66.7 Å². The maximum Gasteiger partial charge on any atom is 0.408 e. The number of esters is 1. The minimum atomic E-state index is -1.44. The number of aliphatic carboxylic acids is 1. The number of methoxy groups -OCH3 is 1. The van der Waals surface area contributed by atoms with Crippen molar-refractivity contribution in [2.24, 2.45) is 0 Å². The molecule has 4 amide bonds. The summed E-state index contributed by atoms with van der Waals surface area (Å²) in [6.07, 6.45) is -2.91. The van der Waals surface area contributed by atoms with Crippen molar-refractivity contribution in [1.29, 1.82) is 0 Å². The number of nitrogens with zero attached hydrogens (tertiary/aromatic N) is 1. The molecule has 5 aromatic rings. The van der Waals surface area contributed by atoms with Gasteiger partial charge in [0.15, 0.2) is 0 Å². The number of carbonyl (C=O) groups is 6. The Bertz CT molecular complexity index is 2540. The second-order valence-corrected chi connectivity index (χ2v) is 17.2. The molecule has 0 aliphatic rings. The number of nitrogens with one attached hydrogen (secondary N) is 3. The smallest absolute Gasteiger partial charge is 0.408 e. The molecule has 0 aromatic heterocycles. The number of amides is 4. The van der Waals surface area contributed by atoms with E-state index in [-0.39, 0.29) is 57.6 Å². The van der Waals surface area contributed by atoms with Crippen molar-refractivity contribution in [3.63, 3.8) is 0 Å². The van der Waals surface area contributed by atoms with Crippen LogP contribution in [0.2, 0.25) is 0 Å². The molecule has 16 nitrogen and oxygen atoms in total. The molecule has 0 unspecified atom stereocenters. The molecule has 17 heteroatoms. The summed E-state index contributed by atoms with van der Waals surface area (Å²) in [5.74, 6) is -3.27. The van der Waals surface area contributed by atoms with E-state index in [2.05, 4.69) is 16.0 Å². The summed E-state index contributed by atoms with van der Waals surface area (Å²) in [5, 5.41) is 17.9. The molecule has 0 saturated carbocycles. The van der Waals surface area contributed by atoms with E-state index in [0.29, 0.717) is 28.0 Å². The summed E-state index contributed by atoms with van der Waals surface area (Å²) in [6.45, 7) is 5.16. The van der Waals surface area contributed by atoms with Crippen LogP contribution < -0.4 is 20.7 Å². The van der Waals surface area contributed by atoms with Crippen LogP contribution in [-0.4, -0.2) is 90.6 Å². The summed E-state index contributed by atoms with van der Waals surface area (Å²) in [5.41, 5.74) is 2.85. The number of carbonyl (C=O) groups excluding carboxylic acids is 5. The second-order valence-electron chi connectivity index (χ2n) is 17.2. The van der Waals surface area contributed by atoms with E-state index >= 15 is 4.39 Å². The predicted molar refractivity (Wildman–Crippen MR) is 257 cm³/mol. The first kappa shape index (κ1) is 53.0. The zero-order chi connectivity index (χ0) is 50.6. The second kappa shape index (κ2) is 26.0. The molecule has 370 valence electrons. The van der Waals surface area contributed by atoms with E-state index in [1.54, 1.807) is 63.2 Å². The first-order valence-corrected chi connectivity index (χ1v) is 22.6. The average molecular weight is 963 g/mol. The molecule has 5 aromatic carbocycles. The third-order valence-corrected chi connectivity index (χ3v) is 10.7. The van der Waals surface area contributed by atoms with Crippen molar-refractivity contribution < 1.29 is 61.9 Å². The van der Waals surface area contributed by atoms with Gasteiger partial charge in [0.2, 0.25) is 5.91 Å². The van der Waals surface area contributed by atoms with Gasteiger partial charge in [-0.25, -0.2) is 28.4 Å². The minimum absolute atomic E-state index is 0.000358. The van der Waals surface area contributed by atoms with Gasteiger partial charge < -0.3 is 49.6 Å². The quantitative estimate of drug-likeness (QED) is 0.0295. The Morgan fingerprint density at radius 3 is 1.74 bits per heavy atom. The van der Waals surface area contributed by atoms with Crippen molar-refractivity contribution in [3.05, 3.63) is 161 Å². The number of carboxylic acid groups (broad SMARTS) is 1. The van der Waals surface area contributed by atoms with Crippen molar-refractivity contribution in [1.82, 2.24) is 20.9 Å². The first-order valence-electron chi connectivity index (χ1n) is 22.6. The van der Waals surface area contributed by atoms with E-state index in [1.165, 1.54) is 25.2 Å². The fourth-order valence-electron chi connectivity index (χ4n) is 7.13. The van der Waals surface area contributed by atoms with Crippen molar-refractivity contribution >= 4 is 36.1 Å². The van der Waals surface area contributed by atoms with Gasteiger partial charge in [0.25, 0.3) is 0 Å². The SMILES string of the molecule is COC(=O)[C@H](Cc1cc(-c2ccc(OCc3ccccc3)c(C[C@H](NC(=O)OCc3ccccc3)C(=O)O)c2)ccc1F)N(C)C(=O)[C@@H](CCCNC(=O)OCc1ccccc1)NC(=O)OC(C)(C)C. The van der Waals surface area contributed by atoms with E-state index < -0.39 is 65.7 Å². The van der Waals surface area contributed by atoms with Crippen LogP contribution in [0.5, 0.6) is 5.75 Å². The van der Waals surface area contributed by atoms with E-state index in [9.17, 15) is 33.9 Å². The zero-order valence-corrected chi connectivity index (χ0v) is 39.8. The molecule has 0 aliphatic heterocycles. The van der Waals surface area contributed by atoms with Crippen LogP contribution in [0.15, 0.2) is 127 Å². The van der Waals surface area contributed by atoms with Crippen molar-refractivity contribution in [2.75, 3.05) is 20.7 Å². The average Bonchev–Trinajstić information content (AvgIpc) is 3.34. The molecule has 0 radical (unpaired) electrons. The topological polar surface area (TPSA) is 208 Å². The zero-order valence-electron chi connectivity index (χ0n) is 39.8. The number of carboxylic acids is 1. The van der Waals surface area contributed by atoms with Gasteiger partial charge in [-0.1, -0.05) is 103 Å². The van der Waals surface area contributed by atoms with Crippen LogP contribution >= 0.6 is 0 Å². The van der Waals surface area contributed by atoms with Gasteiger partial charge in [-0.2, -0.15) is 0 Å². The van der Waals surface area contributed by atoms with E-state index in [4.69, 9.17) is 23.7 Å². The number of alkyl carbamates (subject to hydrolysis) is 3. The molecule has 0 fully saturated rings. The number of halogens is 1. The number of hydrogen-bond acceptors (Lipinski definition) is 11. The lowest BCUT2D eigenvalue weighted by molar-refractivity contribution is -0.152. The summed E-state index contributed by atoms with van der Waals surface area (Å²) >= 11 is 0. The van der Waals surface area contributed by atoms with Crippen LogP contribution in [0, 0.1) is 5.82 Å². The van der Waals surface area contributed by atoms with Crippen LogP contribution in [0.25, 0.3) is 11.1 Å². The lowest BCUT2D eigenvalue weighted by Crippen LogP contribution is -2.54. The number of rotatable bonds is 22. The normalized spacial score (nSPS) is 12.3. The lowest BCUT2D eigenvalue weighted by atomic mass is 9.95. The number of hydrogen-bond donors (Lipinski definition) is 4. The van der Waals surface area contributed by atoms with Gasteiger partial charge in [-0.3, -0.25) is 4.79 Å². The molecule has 5 rings (SSSR count). The molecule has 0 saturated heterocycles. The number of likely N-dealkylation sites (N-methyl/N-ethyl adjacent to an activating group) is 1. The molecule has 3 atom stereocenters.